The van der Waals surface area contributed by atoms with Crippen molar-refractivity contribution in [2.24, 2.45) is 5.92 Å². The minimum Gasteiger partial charge on any atom is -0.385 e. The van der Waals surface area contributed by atoms with Crippen LogP contribution in [-0.2, 0) is 11.2 Å². The fourth-order valence-corrected chi connectivity index (χ4v) is 1.89. The van der Waals surface area contributed by atoms with Crippen molar-refractivity contribution in [3.05, 3.63) is 29.6 Å². The molecule has 2 rings (SSSR count). The molecule has 0 saturated carbocycles. The summed E-state index contributed by atoms with van der Waals surface area (Å²) < 4.78 is 4.98. The van der Waals surface area contributed by atoms with E-state index in [9.17, 15) is 4.79 Å². The number of aromatic nitrogens is 1. The summed E-state index contributed by atoms with van der Waals surface area (Å²) >= 11 is 0. The molecule has 0 spiro atoms. The summed E-state index contributed by atoms with van der Waals surface area (Å²) in [6, 6.07) is 1.93. The molecule has 14 heavy (non-hydrogen) atoms. The van der Waals surface area contributed by atoms with Gasteiger partial charge in [0.15, 0.2) is 5.78 Å². The number of nitrogens with zero attached hydrogens (tertiary/aromatic N) is 1. The van der Waals surface area contributed by atoms with Crippen LogP contribution in [0, 0.1) is 5.92 Å². The number of carbonyl (C=O) groups excluding carboxylic acids is 1. The third kappa shape index (κ3) is 1.55. The Kier molecular flexibility index (Phi) is 2.59. The average Bonchev–Trinajstić information content (AvgIpc) is 2.54. The Morgan fingerprint density at radius 2 is 2.50 bits per heavy atom. The van der Waals surface area contributed by atoms with Gasteiger partial charge in [0, 0.05) is 37.6 Å². The van der Waals surface area contributed by atoms with E-state index < -0.39 is 0 Å². The highest BCUT2D eigenvalue weighted by Crippen LogP contribution is 2.27. The van der Waals surface area contributed by atoms with Crippen molar-refractivity contribution in [3.8, 4) is 0 Å². The smallest absolute Gasteiger partial charge is 0.168 e. The van der Waals surface area contributed by atoms with E-state index in [4.69, 9.17) is 4.74 Å². The van der Waals surface area contributed by atoms with Crippen molar-refractivity contribution in [1.29, 1.82) is 0 Å². The second kappa shape index (κ2) is 3.88. The zero-order valence-electron chi connectivity index (χ0n) is 8.19. The van der Waals surface area contributed by atoms with Crippen LogP contribution in [0.4, 0.5) is 0 Å². The first kappa shape index (κ1) is 9.34. The van der Waals surface area contributed by atoms with E-state index in [1.165, 1.54) is 0 Å². The Bertz CT molecular complexity index is 349. The van der Waals surface area contributed by atoms with Gasteiger partial charge in [-0.1, -0.05) is 0 Å². The van der Waals surface area contributed by atoms with E-state index in [0.717, 1.165) is 24.0 Å². The average molecular weight is 191 g/mol. The van der Waals surface area contributed by atoms with Crippen LogP contribution in [0.2, 0.25) is 0 Å². The van der Waals surface area contributed by atoms with Crippen LogP contribution in [0.25, 0.3) is 0 Å². The second-order valence-electron chi connectivity index (χ2n) is 3.58. The SMILES string of the molecule is COCCC1Cc2ccncc2C1=O. The number of ether oxygens (including phenoxy) is 1. The Hall–Kier alpha value is -1.22. The molecule has 3 heteroatoms. The van der Waals surface area contributed by atoms with Crippen molar-refractivity contribution in [2.45, 2.75) is 12.8 Å². The molecule has 1 atom stereocenters. The zero-order chi connectivity index (χ0) is 9.97. The molecule has 0 saturated heterocycles. The molecule has 0 bridgehead atoms. The van der Waals surface area contributed by atoms with Crippen molar-refractivity contribution in [2.75, 3.05) is 13.7 Å². The maximum absolute atomic E-state index is 11.8. The third-order valence-electron chi connectivity index (χ3n) is 2.68. The summed E-state index contributed by atoms with van der Waals surface area (Å²) in [4.78, 5) is 15.8. The van der Waals surface area contributed by atoms with Crippen LogP contribution in [0.3, 0.4) is 0 Å². The molecule has 3 nitrogen and oxygen atoms in total. The number of fused-ring (bicyclic) bond motifs is 1. The van der Waals surface area contributed by atoms with Crippen LogP contribution in [0.15, 0.2) is 18.5 Å². The highest BCUT2D eigenvalue weighted by atomic mass is 16.5. The van der Waals surface area contributed by atoms with Crippen LogP contribution >= 0.6 is 0 Å². The van der Waals surface area contributed by atoms with Crippen LogP contribution in [-0.4, -0.2) is 24.5 Å². The Morgan fingerprint density at radius 1 is 1.64 bits per heavy atom. The van der Waals surface area contributed by atoms with E-state index >= 15 is 0 Å². The fourth-order valence-electron chi connectivity index (χ4n) is 1.89. The van der Waals surface area contributed by atoms with Gasteiger partial charge in [0.1, 0.15) is 0 Å². The van der Waals surface area contributed by atoms with Crippen molar-refractivity contribution in [3.63, 3.8) is 0 Å². The monoisotopic (exact) mass is 191 g/mol. The summed E-state index contributed by atoms with van der Waals surface area (Å²) in [5, 5.41) is 0. The highest BCUT2D eigenvalue weighted by molar-refractivity contribution is 6.01. The number of rotatable bonds is 3. The summed E-state index contributed by atoms with van der Waals surface area (Å²) in [7, 11) is 1.66. The minimum atomic E-state index is 0.106. The molecule has 0 N–H and O–H groups in total. The third-order valence-corrected chi connectivity index (χ3v) is 2.68. The van der Waals surface area contributed by atoms with E-state index in [1.807, 2.05) is 6.07 Å². The topological polar surface area (TPSA) is 39.2 Å². The van der Waals surface area contributed by atoms with Crippen LogP contribution in [0.5, 0.6) is 0 Å². The summed E-state index contributed by atoms with van der Waals surface area (Å²) in [6.45, 7) is 0.651. The normalized spacial score (nSPS) is 19.8. The Labute approximate surface area is 83.1 Å². The molecule has 1 unspecified atom stereocenters. The lowest BCUT2D eigenvalue weighted by Crippen LogP contribution is -2.11. The molecule has 1 heterocycles. The molecule has 1 aliphatic rings. The maximum Gasteiger partial charge on any atom is 0.168 e. The number of ketones is 1. The zero-order valence-corrected chi connectivity index (χ0v) is 8.19. The van der Waals surface area contributed by atoms with E-state index in [2.05, 4.69) is 4.98 Å². The molecule has 0 aromatic carbocycles. The van der Waals surface area contributed by atoms with E-state index in [0.29, 0.717) is 6.61 Å². The van der Waals surface area contributed by atoms with Gasteiger partial charge in [0.2, 0.25) is 0 Å². The standard InChI is InChI=1S/C11H13NO2/c1-14-5-3-9-6-8-2-4-12-7-10(8)11(9)13/h2,4,7,9H,3,5-6H2,1H3. The Balaban J connectivity index is 2.13. The molecular weight excluding hydrogens is 178 g/mol. The first-order chi connectivity index (χ1) is 6.83. The lowest BCUT2D eigenvalue weighted by atomic mass is 10.0. The molecule has 0 amide bonds. The van der Waals surface area contributed by atoms with Gasteiger partial charge in [-0.05, 0) is 24.5 Å². The van der Waals surface area contributed by atoms with Gasteiger partial charge in [0.25, 0.3) is 0 Å². The first-order valence-corrected chi connectivity index (χ1v) is 4.79. The number of hydrogen-bond donors (Lipinski definition) is 0. The molecule has 0 aliphatic heterocycles. The predicted molar refractivity (Wildman–Crippen MR) is 52.3 cm³/mol. The van der Waals surface area contributed by atoms with Gasteiger partial charge in [-0.3, -0.25) is 9.78 Å². The van der Waals surface area contributed by atoms with Crippen molar-refractivity contribution < 1.29 is 9.53 Å². The summed E-state index contributed by atoms with van der Waals surface area (Å²) in [6.07, 6.45) is 5.07. The molecule has 74 valence electrons. The molecule has 1 aromatic heterocycles. The van der Waals surface area contributed by atoms with Gasteiger partial charge < -0.3 is 4.74 Å². The van der Waals surface area contributed by atoms with E-state index in [-0.39, 0.29) is 11.7 Å². The predicted octanol–water partition coefficient (Wildman–Crippen LogP) is 1.47. The van der Waals surface area contributed by atoms with E-state index in [1.54, 1.807) is 19.5 Å². The minimum absolute atomic E-state index is 0.106. The molecule has 0 radical (unpaired) electrons. The lowest BCUT2D eigenvalue weighted by Gasteiger charge is -2.05. The quantitative estimate of drug-likeness (QED) is 0.726. The Morgan fingerprint density at radius 3 is 3.21 bits per heavy atom. The number of methoxy groups -OCH3 is 1. The maximum atomic E-state index is 11.8. The molecular formula is C11H13NO2. The van der Waals surface area contributed by atoms with Gasteiger partial charge in [0.05, 0.1) is 0 Å². The fraction of sp³-hybridized carbons (Fsp3) is 0.455. The first-order valence-electron chi connectivity index (χ1n) is 4.79. The molecule has 1 aliphatic carbocycles. The van der Waals surface area contributed by atoms with Gasteiger partial charge >= 0.3 is 0 Å². The van der Waals surface area contributed by atoms with Crippen LogP contribution in [0.1, 0.15) is 22.3 Å². The molecule has 1 aromatic rings. The lowest BCUT2D eigenvalue weighted by molar-refractivity contribution is 0.0899. The second-order valence-corrected chi connectivity index (χ2v) is 3.58. The number of pyridine rings is 1. The summed E-state index contributed by atoms with van der Waals surface area (Å²) in [5.41, 5.74) is 1.93. The van der Waals surface area contributed by atoms with Crippen LogP contribution < -0.4 is 0 Å². The number of hydrogen-bond acceptors (Lipinski definition) is 3. The number of carbonyl (C=O) groups is 1. The summed E-state index contributed by atoms with van der Waals surface area (Å²) in [5.74, 6) is 0.333. The van der Waals surface area contributed by atoms with Gasteiger partial charge in [-0.2, -0.15) is 0 Å². The van der Waals surface area contributed by atoms with Crippen molar-refractivity contribution in [1.82, 2.24) is 4.98 Å². The van der Waals surface area contributed by atoms with Gasteiger partial charge in [-0.25, -0.2) is 0 Å². The largest absolute Gasteiger partial charge is 0.385 e. The molecule has 0 fully saturated rings. The number of Topliss-reactive ketones (excluding diaryl/α,β-unsaturated/α-hetero) is 1. The van der Waals surface area contributed by atoms with Crippen molar-refractivity contribution >= 4 is 5.78 Å². The van der Waals surface area contributed by atoms with Gasteiger partial charge in [-0.15, -0.1) is 0 Å². The highest BCUT2D eigenvalue weighted by Gasteiger charge is 2.29.